The first-order valence-electron chi connectivity index (χ1n) is 7.20. The van der Waals surface area contributed by atoms with Crippen molar-refractivity contribution in [2.24, 2.45) is 17.8 Å². The van der Waals surface area contributed by atoms with E-state index in [1.165, 1.54) is 6.42 Å². The van der Waals surface area contributed by atoms with Crippen molar-refractivity contribution in [2.45, 2.75) is 51.0 Å². The molecule has 1 N–H and O–H groups in total. The summed E-state index contributed by atoms with van der Waals surface area (Å²) in [6.07, 6.45) is 6.86. The Morgan fingerprint density at radius 3 is 2.39 bits per heavy atom. The van der Waals surface area contributed by atoms with Gasteiger partial charge in [-0.25, -0.2) is 4.79 Å². The van der Waals surface area contributed by atoms with Crippen LogP contribution in [0.4, 0.5) is 0 Å². The number of carbonyl (C=O) groups is 2. The summed E-state index contributed by atoms with van der Waals surface area (Å²) in [5.74, 6) is 0.960. The lowest BCUT2D eigenvalue weighted by atomic mass is 10.0. The standard InChI is InChI=1S/C14H21NO3/c16-13(11-7-9-6-10(9)8-11)15-5-3-1-2-4-12(15)14(17)18/h9-12H,1-8H2,(H,17,18). The van der Waals surface area contributed by atoms with Gasteiger partial charge in [0.25, 0.3) is 0 Å². The molecule has 2 aliphatic carbocycles. The number of likely N-dealkylation sites (tertiary alicyclic amines) is 1. The largest absolute Gasteiger partial charge is 0.480 e. The van der Waals surface area contributed by atoms with Crippen LogP contribution in [-0.4, -0.2) is 34.5 Å². The molecule has 3 unspecified atom stereocenters. The molecule has 3 rings (SSSR count). The number of aliphatic carboxylic acids is 1. The highest BCUT2D eigenvalue weighted by molar-refractivity contribution is 5.85. The second-order valence-electron chi connectivity index (χ2n) is 6.16. The van der Waals surface area contributed by atoms with E-state index >= 15 is 0 Å². The van der Waals surface area contributed by atoms with Crippen LogP contribution in [0.3, 0.4) is 0 Å². The van der Waals surface area contributed by atoms with E-state index in [-0.39, 0.29) is 11.8 Å². The number of hydrogen-bond acceptors (Lipinski definition) is 2. The van der Waals surface area contributed by atoms with Gasteiger partial charge in [0.05, 0.1) is 0 Å². The van der Waals surface area contributed by atoms with Crippen molar-refractivity contribution in [3.63, 3.8) is 0 Å². The Kier molecular flexibility index (Phi) is 3.04. The summed E-state index contributed by atoms with van der Waals surface area (Å²) < 4.78 is 0. The zero-order chi connectivity index (χ0) is 12.7. The number of hydrogen-bond donors (Lipinski definition) is 1. The van der Waals surface area contributed by atoms with E-state index < -0.39 is 12.0 Å². The molecule has 0 aromatic rings. The van der Waals surface area contributed by atoms with Crippen LogP contribution in [0.5, 0.6) is 0 Å². The third-order valence-electron chi connectivity index (χ3n) is 4.91. The summed E-state index contributed by atoms with van der Waals surface area (Å²) >= 11 is 0. The predicted molar refractivity (Wildman–Crippen MR) is 65.9 cm³/mol. The van der Waals surface area contributed by atoms with Crippen molar-refractivity contribution in [1.29, 1.82) is 0 Å². The molecule has 3 aliphatic rings. The van der Waals surface area contributed by atoms with Gasteiger partial charge >= 0.3 is 5.97 Å². The highest BCUT2D eigenvalue weighted by Gasteiger charge is 2.49. The Morgan fingerprint density at radius 1 is 1.00 bits per heavy atom. The smallest absolute Gasteiger partial charge is 0.326 e. The van der Waals surface area contributed by atoms with Gasteiger partial charge in [0, 0.05) is 12.5 Å². The highest BCUT2D eigenvalue weighted by atomic mass is 16.4. The van der Waals surface area contributed by atoms with E-state index in [9.17, 15) is 14.7 Å². The van der Waals surface area contributed by atoms with Crippen LogP contribution in [0.2, 0.25) is 0 Å². The second kappa shape index (κ2) is 4.56. The van der Waals surface area contributed by atoms with Crippen LogP contribution < -0.4 is 0 Å². The molecule has 1 amide bonds. The Balaban J connectivity index is 1.70. The normalized spacial score (nSPS) is 39.0. The van der Waals surface area contributed by atoms with Crippen molar-refractivity contribution in [2.75, 3.05) is 6.54 Å². The molecule has 4 heteroatoms. The SMILES string of the molecule is O=C(O)C1CCCCCN1C(=O)C1CC2CC2C1. The molecule has 18 heavy (non-hydrogen) atoms. The first-order valence-corrected chi connectivity index (χ1v) is 7.20. The molecule has 0 radical (unpaired) electrons. The van der Waals surface area contributed by atoms with Crippen molar-refractivity contribution in [3.8, 4) is 0 Å². The number of nitrogens with zero attached hydrogens (tertiary/aromatic N) is 1. The summed E-state index contributed by atoms with van der Waals surface area (Å²) in [7, 11) is 0. The molecule has 0 bridgehead atoms. The fraction of sp³-hybridized carbons (Fsp3) is 0.857. The molecule has 4 nitrogen and oxygen atoms in total. The number of rotatable bonds is 2. The minimum atomic E-state index is -0.826. The first-order chi connectivity index (χ1) is 8.66. The first kappa shape index (κ1) is 12.0. The van der Waals surface area contributed by atoms with Crippen LogP contribution in [-0.2, 0) is 9.59 Å². The summed E-state index contributed by atoms with van der Waals surface area (Å²) in [6, 6.07) is -0.572. The number of carboxylic acid groups (broad SMARTS) is 1. The van der Waals surface area contributed by atoms with Gasteiger partial charge in [-0.3, -0.25) is 4.79 Å². The van der Waals surface area contributed by atoms with Gasteiger partial charge < -0.3 is 10.0 Å². The van der Waals surface area contributed by atoms with Crippen LogP contribution in [0.1, 0.15) is 44.9 Å². The van der Waals surface area contributed by atoms with Gasteiger partial charge in [-0.1, -0.05) is 12.8 Å². The predicted octanol–water partition coefficient (Wildman–Crippen LogP) is 1.89. The Morgan fingerprint density at radius 2 is 1.72 bits per heavy atom. The maximum absolute atomic E-state index is 12.5. The zero-order valence-electron chi connectivity index (χ0n) is 10.7. The van der Waals surface area contributed by atoms with Gasteiger partial charge in [0.2, 0.25) is 5.91 Å². The third-order valence-corrected chi connectivity index (χ3v) is 4.91. The fourth-order valence-corrected chi connectivity index (χ4v) is 3.78. The van der Waals surface area contributed by atoms with Crippen molar-refractivity contribution < 1.29 is 14.7 Å². The lowest BCUT2D eigenvalue weighted by molar-refractivity contribution is -0.152. The number of carbonyl (C=O) groups excluding carboxylic acids is 1. The summed E-state index contributed by atoms with van der Waals surface area (Å²) in [4.78, 5) is 25.5. The Hall–Kier alpha value is -1.06. The van der Waals surface area contributed by atoms with Gasteiger partial charge in [0.15, 0.2) is 0 Å². The molecule has 0 aromatic heterocycles. The highest BCUT2D eigenvalue weighted by Crippen LogP contribution is 2.54. The van der Waals surface area contributed by atoms with E-state index in [0.29, 0.717) is 13.0 Å². The molecule has 1 heterocycles. The number of carboxylic acids is 1. The minimum absolute atomic E-state index is 0.119. The van der Waals surface area contributed by atoms with Crippen LogP contribution in [0.25, 0.3) is 0 Å². The summed E-state index contributed by atoms with van der Waals surface area (Å²) in [6.45, 7) is 0.641. The molecule has 3 fully saturated rings. The monoisotopic (exact) mass is 251 g/mol. The number of amides is 1. The van der Waals surface area contributed by atoms with Gasteiger partial charge in [-0.15, -0.1) is 0 Å². The summed E-state index contributed by atoms with van der Waals surface area (Å²) in [5.41, 5.74) is 0. The second-order valence-corrected chi connectivity index (χ2v) is 6.16. The molecule has 1 aliphatic heterocycles. The van der Waals surface area contributed by atoms with E-state index in [1.54, 1.807) is 4.90 Å². The van der Waals surface area contributed by atoms with E-state index in [1.807, 2.05) is 0 Å². The lowest BCUT2D eigenvalue weighted by Gasteiger charge is -2.29. The van der Waals surface area contributed by atoms with Crippen LogP contribution >= 0.6 is 0 Å². The molecule has 0 aromatic carbocycles. The molecular formula is C14H21NO3. The molecule has 100 valence electrons. The fourth-order valence-electron chi connectivity index (χ4n) is 3.78. The zero-order valence-corrected chi connectivity index (χ0v) is 10.7. The molecule has 3 atom stereocenters. The topological polar surface area (TPSA) is 57.6 Å². The lowest BCUT2D eigenvalue weighted by Crippen LogP contribution is -2.47. The quantitative estimate of drug-likeness (QED) is 0.815. The van der Waals surface area contributed by atoms with Crippen LogP contribution in [0, 0.1) is 17.8 Å². The van der Waals surface area contributed by atoms with E-state index in [2.05, 4.69) is 0 Å². The van der Waals surface area contributed by atoms with Crippen molar-refractivity contribution in [1.82, 2.24) is 4.90 Å². The molecule has 0 spiro atoms. The van der Waals surface area contributed by atoms with Gasteiger partial charge in [-0.2, -0.15) is 0 Å². The average molecular weight is 251 g/mol. The maximum Gasteiger partial charge on any atom is 0.326 e. The van der Waals surface area contributed by atoms with Crippen molar-refractivity contribution in [3.05, 3.63) is 0 Å². The van der Waals surface area contributed by atoms with E-state index in [0.717, 1.165) is 43.9 Å². The van der Waals surface area contributed by atoms with Crippen molar-refractivity contribution >= 4 is 11.9 Å². The Bertz CT molecular complexity index is 358. The number of fused-ring (bicyclic) bond motifs is 1. The molecular weight excluding hydrogens is 230 g/mol. The molecule has 1 saturated heterocycles. The third kappa shape index (κ3) is 2.13. The minimum Gasteiger partial charge on any atom is -0.480 e. The van der Waals surface area contributed by atoms with Gasteiger partial charge in [-0.05, 0) is 43.9 Å². The van der Waals surface area contributed by atoms with Crippen LogP contribution in [0.15, 0.2) is 0 Å². The van der Waals surface area contributed by atoms with E-state index in [4.69, 9.17) is 0 Å². The Labute approximate surface area is 107 Å². The van der Waals surface area contributed by atoms with Gasteiger partial charge in [0.1, 0.15) is 6.04 Å². The maximum atomic E-state index is 12.5. The average Bonchev–Trinajstić information content (AvgIpc) is 3.04. The summed E-state index contributed by atoms with van der Waals surface area (Å²) in [5, 5.41) is 9.29. The molecule has 2 saturated carbocycles.